The van der Waals surface area contributed by atoms with Crippen LogP contribution in [0, 0.1) is 0 Å². The Bertz CT molecular complexity index is 1540. The van der Waals surface area contributed by atoms with Gasteiger partial charge in [-0.15, -0.1) is 0 Å². The zero-order valence-electron chi connectivity index (χ0n) is 21.9. The summed E-state index contributed by atoms with van der Waals surface area (Å²) >= 11 is 0. The van der Waals surface area contributed by atoms with E-state index in [9.17, 15) is 9.90 Å². The van der Waals surface area contributed by atoms with Crippen LogP contribution in [0.15, 0.2) is 53.6 Å². The van der Waals surface area contributed by atoms with E-state index in [0.717, 1.165) is 42.6 Å². The second-order valence-corrected chi connectivity index (χ2v) is 11.2. The summed E-state index contributed by atoms with van der Waals surface area (Å²) in [5, 5.41) is 14.6. The Hall–Kier alpha value is -3.49. The molecule has 0 bridgehead atoms. The Morgan fingerprint density at radius 3 is 2.59 bits per heavy atom. The lowest BCUT2D eigenvalue weighted by Gasteiger charge is -2.30. The van der Waals surface area contributed by atoms with Crippen molar-refractivity contribution in [1.29, 1.82) is 0 Å². The van der Waals surface area contributed by atoms with Crippen molar-refractivity contribution < 1.29 is 5.11 Å². The summed E-state index contributed by atoms with van der Waals surface area (Å²) in [6.07, 6.45) is 8.63. The zero-order chi connectivity index (χ0) is 25.9. The SMILES string of the molecule is CN(C)C1CCc2ccc(Nc3cc4c(cn3)c(=O)n(C3CC3)n4-c3ccnc(C(C)(C)O)c3)cc2C1. The summed E-state index contributed by atoms with van der Waals surface area (Å²) in [6.45, 7) is 3.43. The number of fused-ring (bicyclic) bond motifs is 2. The summed E-state index contributed by atoms with van der Waals surface area (Å²) in [5.41, 5.74) is 4.80. The van der Waals surface area contributed by atoms with Gasteiger partial charge in [0, 0.05) is 30.2 Å². The van der Waals surface area contributed by atoms with Gasteiger partial charge in [-0.25, -0.2) is 14.3 Å². The van der Waals surface area contributed by atoms with Crippen LogP contribution in [0.1, 0.15) is 56.0 Å². The highest BCUT2D eigenvalue weighted by atomic mass is 16.3. The number of rotatable bonds is 6. The number of anilines is 2. The number of nitrogens with one attached hydrogen (secondary N) is 1. The van der Waals surface area contributed by atoms with Gasteiger partial charge < -0.3 is 15.3 Å². The van der Waals surface area contributed by atoms with Crippen LogP contribution in [0.3, 0.4) is 0 Å². The van der Waals surface area contributed by atoms with Crippen LogP contribution in [0.2, 0.25) is 0 Å². The first-order valence-corrected chi connectivity index (χ1v) is 13.1. The minimum atomic E-state index is -1.09. The number of benzene rings is 1. The summed E-state index contributed by atoms with van der Waals surface area (Å²) < 4.78 is 3.80. The van der Waals surface area contributed by atoms with Gasteiger partial charge in [0.15, 0.2) is 0 Å². The molecule has 1 aromatic carbocycles. The normalized spacial score (nSPS) is 17.8. The van der Waals surface area contributed by atoms with Gasteiger partial charge in [0.05, 0.1) is 28.3 Å². The summed E-state index contributed by atoms with van der Waals surface area (Å²) in [4.78, 5) is 24.7. The molecule has 8 heteroatoms. The Balaban J connectivity index is 1.41. The highest BCUT2D eigenvalue weighted by Crippen LogP contribution is 2.36. The van der Waals surface area contributed by atoms with Crippen LogP contribution in [0.4, 0.5) is 11.5 Å². The van der Waals surface area contributed by atoms with Gasteiger partial charge >= 0.3 is 0 Å². The first-order chi connectivity index (χ1) is 17.7. The molecule has 0 amide bonds. The number of likely N-dealkylation sites (N-methyl/N-ethyl adjacent to an activating group) is 1. The van der Waals surface area contributed by atoms with E-state index < -0.39 is 5.60 Å². The lowest BCUT2D eigenvalue weighted by molar-refractivity contribution is 0.0738. The highest BCUT2D eigenvalue weighted by molar-refractivity contribution is 5.83. The molecule has 8 nitrogen and oxygen atoms in total. The average Bonchev–Trinajstić information content (AvgIpc) is 3.67. The molecule has 2 aliphatic rings. The molecule has 4 aromatic rings. The van der Waals surface area contributed by atoms with E-state index in [0.29, 0.717) is 22.9 Å². The Kier molecular flexibility index (Phi) is 5.69. The minimum absolute atomic E-state index is 0.0401. The molecule has 2 N–H and O–H groups in total. The third kappa shape index (κ3) is 4.45. The van der Waals surface area contributed by atoms with E-state index in [4.69, 9.17) is 0 Å². The molecule has 3 aromatic heterocycles. The lowest BCUT2D eigenvalue weighted by Crippen LogP contribution is -2.33. The second kappa shape index (κ2) is 8.82. The third-order valence-electron chi connectivity index (χ3n) is 7.68. The lowest BCUT2D eigenvalue weighted by atomic mass is 9.87. The zero-order valence-corrected chi connectivity index (χ0v) is 21.9. The van der Waals surface area contributed by atoms with Gasteiger partial charge in [-0.2, -0.15) is 0 Å². The standard InChI is InChI=1S/C29H34N6O2/c1-29(2,37)26-15-23(11-12-30-26)34-25-16-27(31-17-24(25)28(36)35(34)21-9-10-21)32-20-7-5-18-6-8-22(33(3)4)14-19(18)13-20/h5,7,11-13,15-17,21-22,37H,6,8-10,14H2,1-4H3,(H,31,32). The predicted octanol–water partition coefficient (Wildman–Crippen LogP) is 4.31. The number of aromatic nitrogens is 4. The molecule has 0 spiro atoms. The van der Waals surface area contributed by atoms with Gasteiger partial charge in [0.25, 0.3) is 5.56 Å². The van der Waals surface area contributed by atoms with E-state index in [1.807, 2.05) is 27.6 Å². The average molecular weight is 499 g/mol. The topological polar surface area (TPSA) is 88.2 Å². The first kappa shape index (κ1) is 23.9. The number of hydrogen-bond acceptors (Lipinski definition) is 6. The smallest absolute Gasteiger partial charge is 0.276 e. The fourth-order valence-corrected chi connectivity index (χ4v) is 5.39. The number of aliphatic hydroxyl groups is 1. The van der Waals surface area contributed by atoms with Crippen LogP contribution < -0.4 is 10.9 Å². The fraction of sp³-hybridized carbons (Fsp3) is 0.414. The van der Waals surface area contributed by atoms with Gasteiger partial charge in [0.1, 0.15) is 11.4 Å². The van der Waals surface area contributed by atoms with Crippen molar-refractivity contribution in [3.63, 3.8) is 0 Å². The van der Waals surface area contributed by atoms with Crippen LogP contribution in [-0.4, -0.2) is 49.5 Å². The van der Waals surface area contributed by atoms with E-state index in [-0.39, 0.29) is 11.6 Å². The van der Waals surface area contributed by atoms with Gasteiger partial charge in [-0.05, 0) is 95.4 Å². The largest absolute Gasteiger partial charge is 0.384 e. The second-order valence-electron chi connectivity index (χ2n) is 11.2. The van der Waals surface area contributed by atoms with Crippen molar-refractivity contribution in [1.82, 2.24) is 24.2 Å². The quantitative estimate of drug-likeness (QED) is 0.412. The van der Waals surface area contributed by atoms with Crippen molar-refractivity contribution in [2.45, 2.75) is 63.6 Å². The molecule has 6 rings (SSSR count). The number of aryl methyl sites for hydroxylation is 1. The van der Waals surface area contributed by atoms with Crippen molar-refractivity contribution in [2.75, 3.05) is 19.4 Å². The molecule has 3 heterocycles. The van der Waals surface area contributed by atoms with E-state index in [1.165, 1.54) is 17.5 Å². The molecule has 0 radical (unpaired) electrons. The van der Waals surface area contributed by atoms with Crippen molar-refractivity contribution in [2.24, 2.45) is 0 Å². The Morgan fingerprint density at radius 1 is 1.05 bits per heavy atom. The van der Waals surface area contributed by atoms with Crippen LogP contribution >= 0.6 is 0 Å². The van der Waals surface area contributed by atoms with Crippen molar-refractivity contribution >= 4 is 22.4 Å². The van der Waals surface area contributed by atoms with E-state index >= 15 is 0 Å². The Labute approximate surface area is 216 Å². The van der Waals surface area contributed by atoms with Crippen LogP contribution in [0.25, 0.3) is 16.6 Å². The van der Waals surface area contributed by atoms with E-state index in [2.05, 4.69) is 52.5 Å². The van der Waals surface area contributed by atoms with E-state index in [1.54, 1.807) is 26.2 Å². The summed E-state index contributed by atoms with van der Waals surface area (Å²) in [6, 6.07) is 13.0. The molecular weight excluding hydrogens is 464 g/mol. The summed E-state index contributed by atoms with van der Waals surface area (Å²) in [7, 11) is 4.30. The molecule has 37 heavy (non-hydrogen) atoms. The maximum atomic E-state index is 13.4. The number of nitrogens with zero attached hydrogens (tertiary/aromatic N) is 5. The van der Waals surface area contributed by atoms with Crippen molar-refractivity contribution in [3.8, 4) is 5.69 Å². The molecule has 0 saturated heterocycles. The maximum Gasteiger partial charge on any atom is 0.276 e. The van der Waals surface area contributed by atoms with Gasteiger partial charge in [0.2, 0.25) is 0 Å². The molecule has 1 atom stereocenters. The molecule has 1 unspecified atom stereocenters. The van der Waals surface area contributed by atoms with Gasteiger partial charge in [-0.3, -0.25) is 9.78 Å². The number of hydrogen-bond donors (Lipinski definition) is 2. The van der Waals surface area contributed by atoms with Gasteiger partial charge in [-0.1, -0.05) is 6.07 Å². The molecule has 0 aliphatic heterocycles. The Morgan fingerprint density at radius 2 is 1.86 bits per heavy atom. The number of pyridine rings is 2. The van der Waals surface area contributed by atoms with Crippen molar-refractivity contribution in [3.05, 3.63) is 76.0 Å². The molecular formula is C29H34N6O2. The van der Waals surface area contributed by atoms with Crippen LogP contribution in [-0.2, 0) is 18.4 Å². The molecule has 2 aliphatic carbocycles. The first-order valence-electron chi connectivity index (χ1n) is 13.1. The molecule has 1 fully saturated rings. The van der Waals surface area contributed by atoms with Crippen LogP contribution in [0.5, 0.6) is 0 Å². The monoisotopic (exact) mass is 498 g/mol. The highest BCUT2D eigenvalue weighted by Gasteiger charge is 2.31. The molecule has 192 valence electrons. The predicted molar refractivity (Wildman–Crippen MR) is 146 cm³/mol. The molecule has 1 saturated carbocycles. The minimum Gasteiger partial charge on any atom is -0.384 e. The fourth-order valence-electron chi connectivity index (χ4n) is 5.39. The maximum absolute atomic E-state index is 13.4. The summed E-state index contributed by atoms with van der Waals surface area (Å²) in [5.74, 6) is 0.686. The third-order valence-corrected chi connectivity index (χ3v) is 7.68.